The molecule has 19 heavy (non-hydrogen) atoms. The van der Waals surface area contributed by atoms with Gasteiger partial charge in [-0.3, -0.25) is 4.79 Å². The fraction of sp³-hybridized carbons (Fsp3) is 0.533. The molecule has 2 N–H and O–H groups in total. The molecule has 0 aromatic heterocycles. The van der Waals surface area contributed by atoms with Crippen LogP contribution >= 0.6 is 11.8 Å². The second-order valence-electron chi connectivity index (χ2n) is 5.04. The van der Waals surface area contributed by atoms with E-state index in [0.29, 0.717) is 12.5 Å². The Bertz CT molecular complexity index is 432. The van der Waals surface area contributed by atoms with E-state index in [2.05, 4.69) is 17.4 Å². The number of nitrogens with one attached hydrogen (secondary N) is 1. The summed E-state index contributed by atoms with van der Waals surface area (Å²) >= 11 is 1.46. The minimum absolute atomic E-state index is 0.336. The second kappa shape index (κ2) is 6.96. The van der Waals surface area contributed by atoms with E-state index >= 15 is 0 Å². The zero-order valence-corrected chi connectivity index (χ0v) is 12.1. The van der Waals surface area contributed by atoms with Gasteiger partial charge in [0.15, 0.2) is 0 Å². The molecule has 1 aliphatic rings. The van der Waals surface area contributed by atoms with Gasteiger partial charge in [-0.05, 0) is 37.0 Å². The highest BCUT2D eigenvalue weighted by molar-refractivity contribution is 8.00. The van der Waals surface area contributed by atoms with Crippen molar-refractivity contribution in [1.82, 2.24) is 5.32 Å². The van der Waals surface area contributed by atoms with Gasteiger partial charge in [-0.25, -0.2) is 0 Å². The molecule has 1 aromatic carbocycles. The minimum atomic E-state index is -0.714. The summed E-state index contributed by atoms with van der Waals surface area (Å²) in [6.45, 7) is 2.90. The number of thioether (sulfide) groups is 1. The number of hydrogen-bond donors (Lipinski definition) is 2. The molecule has 0 amide bonds. The van der Waals surface area contributed by atoms with Gasteiger partial charge in [0, 0.05) is 17.5 Å². The SMILES string of the molecule is CCCC(Sc1cccc(CNC2CC2)c1)C(=O)O. The van der Waals surface area contributed by atoms with Gasteiger partial charge >= 0.3 is 5.97 Å². The molecule has 4 heteroatoms. The smallest absolute Gasteiger partial charge is 0.316 e. The molecule has 0 heterocycles. The van der Waals surface area contributed by atoms with Crippen LogP contribution in [-0.2, 0) is 11.3 Å². The Hall–Kier alpha value is -1.00. The van der Waals surface area contributed by atoms with Gasteiger partial charge in [0.2, 0.25) is 0 Å². The first-order valence-corrected chi connectivity index (χ1v) is 7.78. The molecular weight excluding hydrogens is 258 g/mol. The average Bonchev–Trinajstić information content (AvgIpc) is 3.20. The van der Waals surface area contributed by atoms with Crippen LogP contribution in [0.4, 0.5) is 0 Å². The van der Waals surface area contributed by atoms with Gasteiger partial charge in [-0.15, -0.1) is 11.8 Å². The summed E-state index contributed by atoms with van der Waals surface area (Å²) in [5.74, 6) is -0.714. The predicted octanol–water partition coefficient (Wildman–Crippen LogP) is 3.28. The molecular formula is C15H21NO2S. The first-order valence-electron chi connectivity index (χ1n) is 6.91. The number of carbonyl (C=O) groups is 1. The van der Waals surface area contributed by atoms with E-state index < -0.39 is 5.97 Å². The highest BCUT2D eigenvalue weighted by Crippen LogP contribution is 2.27. The summed E-state index contributed by atoms with van der Waals surface area (Å²) in [4.78, 5) is 12.2. The molecule has 2 rings (SSSR count). The third-order valence-electron chi connectivity index (χ3n) is 3.18. The van der Waals surface area contributed by atoms with Crippen molar-refractivity contribution in [2.24, 2.45) is 0 Å². The Morgan fingerprint density at radius 2 is 2.32 bits per heavy atom. The summed E-state index contributed by atoms with van der Waals surface area (Å²) in [5, 5.41) is 12.3. The monoisotopic (exact) mass is 279 g/mol. The van der Waals surface area contributed by atoms with E-state index in [4.69, 9.17) is 0 Å². The Balaban J connectivity index is 1.94. The maximum atomic E-state index is 11.2. The second-order valence-corrected chi connectivity index (χ2v) is 6.31. The van der Waals surface area contributed by atoms with E-state index in [9.17, 15) is 9.90 Å². The normalized spacial score (nSPS) is 16.3. The van der Waals surface area contributed by atoms with E-state index in [0.717, 1.165) is 17.9 Å². The van der Waals surface area contributed by atoms with Crippen molar-refractivity contribution in [3.63, 3.8) is 0 Å². The molecule has 1 atom stereocenters. The van der Waals surface area contributed by atoms with Crippen LogP contribution in [0.1, 0.15) is 38.2 Å². The third kappa shape index (κ3) is 4.88. The van der Waals surface area contributed by atoms with Gasteiger partial charge in [0.1, 0.15) is 5.25 Å². The molecule has 0 bridgehead atoms. The number of hydrogen-bond acceptors (Lipinski definition) is 3. The molecule has 0 spiro atoms. The van der Waals surface area contributed by atoms with Crippen molar-refractivity contribution in [3.8, 4) is 0 Å². The van der Waals surface area contributed by atoms with Crippen molar-refractivity contribution in [2.45, 2.75) is 55.3 Å². The molecule has 0 radical (unpaired) electrons. The minimum Gasteiger partial charge on any atom is -0.480 e. The van der Waals surface area contributed by atoms with Crippen LogP contribution < -0.4 is 5.32 Å². The van der Waals surface area contributed by atoms with Crippen LogP contribution in [0.3, 0.4) is 0 Å². The molecule has 1 unspecified atom stereocenters. The van der Waals surface area contributed by atoms with Crippen molar-refractivity contribution < 1.29 is 9.90 Å². The molecule has 1 fully saturated rings. The molecule has 1 aliphatic carbocycles. The number of aliphatic carboxylic acids is 1. The summed E-state index contributed by atoms with van der Waals surface area (Å²) in [7, 11) is 0. The first kappa shape index (κ1) is 14.4. The van der Waals surface area contributed by atoms with Gasteiger partial charge in [-0.1, -0.05) is 25.5 Å². The summed E-state index contributed by atoms with van der Waals surface area (Å²) in [5.41, 5.74) is 1.23. The molecule has 1 saturated carbocycles. The molecule has 104 valence electrons. The van der Waals surface area contributed by atoms with E-state index in [1.54, 1.807) is 0 Å². The number of carboxylic acid groups (broad SMARTS) is 1. The van der Waals surface area contributed by atoms with Gasteiger partial charge in [-0.2, -0.15) is 0 Å². The van der Waals surface area contributed by atoms with Crippen LogP contribution in [0.15, 0.2) is 29.2 Å². The van der Waals surface area contributed by atoms with Crippen molar-refractivity contribution in [3.05, 3.63) is 29.8 Å². The molecule has 0 saturated heterocycles. The zero-order chi connectivity index (χ0) is 13.7. The van der Waals surface area contributed by atoms with Gasteiger partial charge in [0.05, 0.1) is 0 Å². The lowest BCUT2D eigenvalue weighted by Crippen LogP contribution is -2.16. The lowest BCUT2D eigenvalue weighted by atomic mass is 10.2. The number of carboxylic acids is 1. The fourth-order valence-electron chi connectivity index (χ4n) is 1.94. The van der Waals surface area contributed by atoms with Crippen LogP contribution in [-0.4, -0.2) is 22.4 Å². The highest BCUT2D eigenvalue weighted by Gasteiger charge is 2.20. The fourth-order valence-corrected chi connectivity index (χ4v) is 3.10. The number of benzene rings is 1. The van der Waals surface area contributed by atoms with E-state index in [-0.39, 0.29) is 5.25 Å². The van der Waals surface area contributed by atoms with Crippen molar-refractivity contribution >= 4 is 17.7 Å². The maximum absolute atomic E-state index is 11.2. The topological polar surface area (TPSA) is 49.3 Å². The van der Waals surface area contributed by atoms with Crippen LogP contribution in [0.2, 0.25) is 0 Å². The largest absolute Gasteiger partial charge is 0.480 e. The van der Waals surface area contributed by atoms with Crippen molar-refractivity contribution in [2.75, 3.05) is 0 Å². The van der Waals surface area contributed by atoms with Crippen molar-refractivity contribution in [1.29, 1.82) is 0 Å². The quantitative estimate of drug-likeness (QED) is 0.717. The number of rotatable bonds is 8. The van der Waals surface area contributed by atoms with Crippen LogP contribution in [0.5, 0.6) is 0 Å². The van der Waals surface area contributed by atoms with E-state index in [1.807, 2.05) is 19.1 Å². The predicted molar refractivity (Wildman–Crippen MR) is 78.5 cm³/mol. The lowest BCUT2D eigenvalue weighted by molar-refractivity contribution is -0.136. The Labute approximate surface area is 118 Å². The van der Waals surface area contributed by atoms with E-state index in [1.165, 1.54) is 30.2 Å². The average molecular weight is 279 g/mol. The standard InChI is InChI=1S/C15H21NO2S/c1-2-4-14(15(17)18)19-13-6-3-5-11(9-13)10-16-12-7-8-12/h3,5-6,9,12,14,16H,2,4,7-8,10H2,1H3,(H,17,18). The van der Waals surface area contributed by atoms with Gasteiger partial charge < -0.3 is 10.4 Å². The highest BCUT2D eigenvalue weighted by atomic mass is 32.2. The molecule has 1 aromatic rings. The first-order chi connectivity index (χ1) is 9.19. The summed E-state index contributed by atoms with van der Waals surface area (Å²) < 4.78 is 0. The summed E-state index contributed by atoms with van der Waals surface area (Å²) in [6.07, 6.45) is 4.18. The van der Waals surface area contributed by atoms with Crippen LogP contribution in [0, 0.1) is 0 Å². The molecule has 3 nitrogen and oxygen atoms in total. The van der Waals surface area contributed by atoms with Crippen LogP contribution in [0.25, 0.3) is 0 Å². The Morgan fingerprint density at radius 1 is 1.53 bits per heavy atom. The lowest BCUT2D eigenvalue weighted by Gasteiger charge is -2.12. The van der Waals surface area contributed by atoms with Gasteiger partial charge in [0.25, 0.3) is 0 Å². The maximum Gasteiger partial charge on any atom is 0.316 e. The third-order valence-corrected chi connectivity index (χ3v) is 4.42. The Morgan fingerprint density at radius 3 is 2.95 bits per heavy atom. The summed E-state index contributed by atoms with van der Waals surface area (Å²) in [6, 6.07) is 8.90. The zero-order valence-electron chi connectivity index (χ0n) is 11.3. The molecule has 0 aliphatic heterocycles. The Kier molecular flexibility index (Phi) is 5.28.